The zero-order valence-corrected chi connectivity index (χ0v) is 18.1. The van der Waals surface area contributed by atoms with Crippen molar-refractivity contribution in [1.82, 2.24) is 19.9 Å². The number of aromatic amines is 1. The lowest BCUT2D eigenvalue weighted by Crippen LogP contribution is -2.27. The minimum absolute atomic E-state index is 0.106. The predicted octanol–water partition coefficient (Wildman–Crippen LogP) is 4.15. The fourth-order valence-corrected chi connectivity index (χ4v) is 3.25. The number of rotatable bonds is 7. The number of H-pyrrole nitrogens is 1. The van der Waals surface area contributed by atoms with E-state index in [1.165, 1.54) is 17.0 Å². The molecule has 4 aromatic rings. The highest BCUT2D eigenvalue weighted by atomic mass is 19.1. The fourth-order valence-electron chi connectivity index (χ4n) is 3.25. The summed E-state index contributed by atoms with van der Waals surface area (Å²) in [6.07, 6.45) is 1.90. The number of benzene rings is 2. The van der Waals surface area contributed by atoms with E-state index in [0.29, 0.717) is 23.0 Å². The first-order valence-electron chi connectivity index (χ1n) is 10.2. The van der Waals surface area contributed by atoms with Gasteiger partial charge in [0.15, 0.2) is 6.61 Å². The van der Waals surface area contributed by atoms with Gasteiger partial charge in [0.2, 0.25) is 0 Å². The first kappa shape index (κ1) is 21.3. The Morgan fingerprint density at radius 2 is 1.97 bits per heavy atom. The molecule has 2 aromatic carbocycles. The number of nitrogens with zero attached hydrogens (tertiary/aromatic N) is 3. The van der Waals surface area contributed by atoms with E-state index in [1.807, 2.05) is 43.5 Å². The number of likely N-dealkylation sites (N-methyl/N-ethyl adjacent to an activating group) is 1. The topological polar surface area (TPSA) is 83.1 Å². The van der Waals surface area contributed by atoms with Crippen LogP contribution in [0.2, 0.25) is 0 Å². The van der Waals surface area contributed by atoms with Crippen molar-refractivity contribution in [3.63, 3.8) is 0 Å². The lowest BCUT2D eigenvalue weighted by Gasteiger charge is -2.13. The van der Waals surface area contributed by atoms with Gasteiger partial charge in [0.05, 0.1) is 5.69 Å². The van der Waals surface area contributed by atoms with Gasteiger partial charge >= 0.3 is 0 Å². The Morgan fingerprint density at radius 3 is 2.78 bits per heavy atom. The number of halogens is 1. The van der Waals surface area contributed by atoms with Crippen LogP contribution in [0.25, 0.3) is 22.2 Å². The van der Waals surface area contributed by atoms with Crippen molar-refractivity contribution in [3.05, 3.63) is 71.9 Å². The minimum Gasteiger partial charge on any atom is -0.484 e. The molecule has 0 aliphatic heterocycles. The third-order valence-corrected chi connectivity index (χ3v) is 5.03. The summed E-state index contributed by atoms with van der Waals surface area (Å²) < 4.78 is 19.8. The van der Waals surface area contributed by atoms with E-state index in [1.54, 1.807) is 20.2 Å². The number of carbonyl (C=O) groups is 1. The molecule has 8 heteroatoms. The highest BCUT2D eigenvalue weighted by Crippen LogP contribution is 2.25. The molecular formula is C24H24FN5O2. The molecule has 0 bridgehead atoms. The number of fused-ring (bicyclic) bond motifs is 1. The summed E-state index contributed by atoms with van der Waals surface area (Å²) in [6.45, 7) is 1.92. The molecule has 7 nitrogen and oxygen atoms in total. The number of hydrogen-bond donors (Lipinski definition) is 2. The van der Waals surface area contributed by atoms with Crippen LogP contribution in [-0.4, -0.2) is 46.5 Å². The van der Waals surface area contributed by atoms with Gasteiger partial charge in [0.1, 0.15) is 23.2 Å². The van der Waals surface area contributed by atoms with Crippen molar-refractivity contribution in [2.75, 3.05) is 26.0 Å². The third-order valence-electron chi connectivity index (χ3n) is 5.03. The Labute approximate surface area is 185 Å². The smallest absolute Gasteiger partial charge is 0.259 e. The van der Waals surface area contributed by atoms with E-state index >= 15 is 0 Å². The van der Waals surface area contributed by atoms with Crippen molar-refractivity contribution >= 4 is 22.6 Å². The van der Waals surface area contributed by atoms with Crippen molar-refractivity contribution in [2.45, 2.75) is 13.5 Å². The monoisotopic (exact) mass is 433 g/mol. The Kier molecular flexibility index (Phi) is 6.02. The van der Waals surface area contributed by atoms with Gasteiger partial charge in [-0.05, 0) is 42.6 Å². The second kappa shape index (κ2) is 9.05. The third kappa shape index (κ3) is 4.85. The van der Waals surface area contributed by atoms with Crippen LogP contribution in [0.3, 0.4) is 0 Å². The number of hydrogen-bond acceptors (Lipinski definition) is 5. The van der Waals surface area contributed by atoms with Crippen molar-refractivity contribution in [3.8, 4) is 17.0 Å². The highest BCUT2D eigenvalue weighted by molar-refractivity contribution is 5.84. The molecule has 0 unspecified atom stereocenters. The lowest BCUT2D eigenvalue weighted by molar-refractivity contribution is -0.130. The number of anilines is 1. The van der Waals surface area contributed by atoms with Crippen LogP contribution in [0.15, 0.2) is 54.7 Å². The maximum absolute atomic E-state index is 14.3. The molecule has 0 saturated carbocycles. The van der Waals surface area contributed by atoms with Crippen LogP contribution in [0.1, 0.15) is 11.4 Å². The molecule has 2 aromatic heterocycles. The van der Waals surface area contributed by atoms with E-state index < -0.39 is 0 Å². The molecule has 0 radical (unpaired) electrons. The average molecular weight is 433 g/mol. The molecular weight excluding hydrogens is 409 g/mol. The SMILES string of the molecule is Cc1nc(NCc2cc(OCC(=O)N(C)C)ccc2F)cc(-c2ccc3cc[nH]c3c2)n1. The molecule has 0 aliphatic carbocycles. The Balaban J connectivity index is 1.50. The van der Waals surface area contributed by atoms with Crippen molar-refractivity contribution in [1.29, 1.82) is 0 Å². The van der Waals surface area contributed by atoms with Gasteiger partial charge in [-0.25, -0.2) is 14.4 Å². The summed E-state index contributed by atoms with van der Waals surface area (Å²) in [6, 6.07) is 14.4. The maximum atomic E-state index is 14.3. The molecule has 0 atom stereocenters. The summed E-state index contributed by atoms with van der Waals surface area (Å²) in [7, 11) is 3.31. The fraction of sp³-hybridized carbons (Fsp3) is 0.208. The molecule has 0 fully saturated rings. The van der Waals surface area contributed by atoms with Gasteiger partial charge < -0.3 is 19.9 Å². The molecule has 4 rings (SSSR count). The van der Waals surface area contributed by atoms with E-state index in [0.717, 1.165) is 22.2 Å². The Bertz CT molecular complexity index is 1270. The number of carbonyl (C=O) groups excluding carboxylic acids is 1. The summed E-state index contributed by atoms with van der Waals surface area (Å²) >= 11 is 0. The number of aryl methyl sites for hydroxylation is 1. The molecule has 1 amide bonds. The van der Waals surface area contributed by atoms with Crippen LogP contribution >= 0.6 is 0 Å². The second-order valence-corrected chi connectivity index (χ2v) is 7.65. The minimum atomic E-state index is -0.369. The van der Waals surface area contributed by atoms with Gasteiger partial charge in [-0.3, -0.25) is 4.79 Å². The van der Waals surface area contributed by atoms with E-state index in [-0.39, 0.29) is 24.9 Å². The zero-order valence-electron chi connectivity index (χ0n) is 18.1. The Morgan fingerprint density at radius 1 is 1.12 bits per heavy atom. The first-order valence-corrected chi connectivity index (χ1v) is 10.2. The molecule has 2 N–H and O–H groups in total. The largest absolute Gasteiger partial charge is 0.484 e. The predicted molar refractivity (Wildman–Crippen MR) is 122 cm³/mol. The van der Waals surface area contributed by atoms with E-state index in [4.69, 9.17) is 4.74 Å². The number of aromatic nitrogens is 3. The van der Waals surface area contributed by atoms with Crippen LogP contribution in [-0.2, 0) is 11.3 Å². The van der Waals surface area contributed by atoms with E-state index in [9.17, 15) is 9.18 Å². The molecule has 164 valence electrons. The van der Waals surface area contributed by atoms with Gasteiger partial charge in [-0.2, -0.15) is 0 Å². The lowest BCUT2D eigenvalue weighted by atomic mass is 10.1. The number of ether oxygens (including phenoxy) is 1. The summed E-state index contributed by atoms with van der Waals surface area (Å²) in [5, 5.41) is 4.29. The van der Waals surface area contributed by atoms with Crippen LogP contribution in [0.4, 0.5) is 10.2 Å². The normalized spacial score (nSPS) is 10.9. The van der Waals surface area contributed by atoms with E-state index in [2.05, 4.69) is 20.3 Å². The quantitative estimate of drug-likeness (QED) is 0.458. The molecule has 0 aliphatic rings. The van der Waals surface area contributed by atoms with Crippen LogP contribution in [0, 0.1) is 12.7 Å². The molecule has 2 heterocycles. The van der Waals surface area contributed by atoms with Crippen LogP contribution in [0.5, 0.6) is 5.75 Å². The first-order chi connectivity index (χ1) is 15.4. The highest BCUT2D eigenvalue weighted by Gasteiger charge is 2.10. The van der Waals surface area contributed by atoms with Gasteiger partial charge in [0, 0.05) is 49.5 Å². The number of amides is 1. The molecule has 0 spiro atoms. The van der Waals surface area contributed by atoms with Gasteiger partial charge in [0.25, 0.3) is 5.91 Å². The van der Waals surface area contributed by atoms with Crippen LogP contribution < -0.4 is 10.1 Å². The Hall–Kier alpha value is -3.94. The van der Waals surface area contributed by atoms with Gasteiger partial charge in [-0.15, -0.1) is 0 Å². The summed E-state index contributed by atoms with van der Waals surface area (Å²) in [5.74, 6) is 1.09. The van der Waals surface area contributed by atoms with Gasteiger partial charge in [-0.1, -0.05) is 12.1 Å². The van der Waals surface area contributed by atoms with Crippen molar-refractivity contribution < 1.29 is 13.9 Å². The standard InChI is InChI=1S/C24H24FN5O2/c1-15-28-22(17-5-4-16-8-9-26-21(16)11-17)12-23(29-15)27-13-18-10-19(6-7-20(18)25)32-14-24(31)30(2)3/h4-12,26H,13-14H2,1-3H3,(H,27,28,29). The molecule has 32 heavy (non-hydrogen) atoms. The number of nitrogens with one attached hydrogen (secondary N) is 2. The summed E-state index contributed by atoms with van der Waals surface area (Å²) in [5.41, 5.74) is 3.17. The molecule has 0 saturated heterocycles. The zero-order chi connectivity index (χ0) is 22.7. The maximum Gasteiger partial charge on any atom is 0.259 e. The second-order valence-electron chi connectivity index (χ2n) is 7.65. The van der Waals surface area contributed by atoms with Crippen molar-refractivity contribution in [2.24, 2.45) is 0 Å². The average Bonchev–Trinajstić information content (AvgIpc) is 3.25. The summed E-state index contributed by atoms with van der Waals surface area (Å²) in [4.78, 5) is 25.3.